The average Bonchev–Trinajstić information content (AvgIpc) is 3.44. The average molecular weight is 356 g/mol. The molecule has 0 aromatic heterocycles. The lowest BCUT2D eigenvalue weighted by molar-refractivity contribution is -0.125. The van der Waals surface area contributed by atoms with Crippen molar-refractivity contribution < 1.29 is 18.7 Å². The van der Waals surface area contributed by atoms with Crippen molar-refractivity contribution in [3.63, 3.8) is 0 Å². The van der Waals surface area contributed by atoms with Gasteiger partial charge in [-0.1, -0.05) is 18.2 Å². The first-order valence-electron chi connectivity index (χ1n) is 8.54. The molecule has 2 atom stereocenters. The predicted molar refractivity (Wildman–Crippen MR) is 96.3 cm³/mol. The van der Waals surface area contributed by atoms with E-state index in [1.165, 1.54) is 12.1 Å². The van der Waals surface area contributed by atoms with Crippen molar-refractivity contribution in [2.75, 3.05) is 19.0 Å². The van der Waals surface area contributed by atoms with Crippen LogP contribution in [0.25, 0.3) is 0 Å². The Bertz CT molecular complexity index is 792. The number of halogens is 1. The van der Waals surface area contributed by atoms with Gasteiger partial charge in [0.1, 0.15) is 11.6 Å². The van der Waals surface area contributed by atoms with Crippen molar-refractivity contribution in [3.8, 4) is 5.75 Å². The lowest BCUT2D eigenvalue weighted by atomic mass is 10.1. The molecule has 2 aromatic carbocycles. The van der Waals surface area contributed by atoms with Crippen molar-refractivity contribution in [1.82, 2.24) is 5.32 Å². The van der Waals surface area contributed by atoms with Gasteiger partial charge in [-0.05, 0) is 42.7 Å². The minimum Gasteiger partial charge on any atom is -0.497 e. The maximum absolute atomic E-state index is 12.9. The monoisotopic (exact) mass is 356 g/mol. The van der Waals surface area contributed by atoms with Crippen LogP contribution in [-0.4, -0.2) is 25.5 Å². The third-order valence-electron chi connectivity index (χ3n) is 4.43. The number of carbonyl (C=O) groups excluding carboxylic acids is 2. The number of benzene rings is 2. The summed E-state index contributed by atoms with van der Waals surface area (Å²) in [5.74, 6) is -0.468. The Morgan fingerprint density at radius 3 is 2.58 bits per heavy atom. The van der Waals surface area contributed by atoms with Crippen LogP contribution in [0.2, 0.25) is 0 Å². The highest BCUT2D eigenvalue weighted by Gasteiger charge is 2.47. The number of rotatable bonds is 7. The van der Waals surface area contributed by atoms with Crippen molar-refractivity contribution in [3.05, 3.63) is 59.9 Å². The minimum absolute atomic E-state index is 0.113. The number of hydrogen-bond donors (Lipinski definition) is 2. The van der Waals surface area contributed by atoms with Crippen LogP contribution in [0.4, 0.5) is 10.1 Å². The Kier molecular flexibility index (Phi) is 5.51. The van der Waals surface area contributed by atoms with Gasteiger partial charge >= 0.3 is 0 Å². The van der Waals surface area contributed by atoms with E-state index in [1.807, 2.05) is 0 Å². The van der Waals surface area contributed by atoms with Gasteiger partial charge < -0.3 is 15.4 Å². The summed E-state index contributed by atoms with van der Waals surface area (Å²) in [4.78, 5) is 24.4. The summed E-state index contributed by atoms with van der Waals surface area (Å²) in [6.45, 7) is 0.463. The molecule has 6 heteroatoms. The van der Waals surface area contributed by atoms with Gasteiger partial charge in [0.25, 0.3) is 0 Å². The summed E-state index contributed by atoms with van der Waals surface area (Å²) < 4.78 is 18.0. The Morgan fingerprint density at radius 1 is 1.12 bits per heavy atom. The zero-order chi connectivity index (χ0) is 18.5. The molecule has 2 unspecified atom stereocenters. The molecular formula is C20H21FN2O3. The number of ether oxygens (including phenoxy) is 1. The van der Waals surface area contributed by atoms with Gasteiger partial charge in [0.15, 0.2) is 0 Å². The number of amides is 2. The highest BCUT2D eigenvalue weighted by Crippen LogP contribution is 2.39. The molecular weight excluding hydrogens is 335 g/mol. The number of hydrogen-bond acceptors (Lipinski definition) is 3. The molecule has 136 valence electrons. The Morgan fingerprint density at radius 2 is 1.85 bits per heavy atom. The smallest absolute Gasteiger partial charge is 0.228 e. The number of methoxy groups -OCH3 is 1. The summed E-state index contributed by atoms with van der Waals surface area (Å²) in [5.41, 5.74) is 1.60. The van der Waals surface area contributed by atoms with Crippen molar-refractivity contribution in [1.29, 1.82) is 0 Å². The van der Waals surface area contributed by atoms with E-state index in [0.717, 1.165) is 5.56 Å². The Labute approximate surface area is 151 Å². The van der Waals surface area contributed by atoms with Crippen LogP contribution in [0.15, 0.2) is 48.5 Å². The molecule has 2 amide bonds. The molecule has 0 radical (unpaired) electrons. The zero-order valence-electron chi connectivity index (χ0n) is 14.5. The summed E-state index contributed by atoms with van der Waals surface area (Å²) in [6, 6.07) is 13.3. The molecule has 0 heterocycles. The first-order valence-corrected chi connectivity index (χ1v) is 8.54. The van der Waals surface area contributed by atoms with E-state index in [2.05, 4.69) is 10.6 Å². The van der Waals surface area contributed by atoms with Crippen LogP contribution in [-0.2, 0) is 16.0 Å². The molecule has 26 heavy (non-hydrogen) atoms. The van der Waals surface area contributed by atoms with Gasteiger partial charge in [-0.15, -0.1) is 0 Å². The molecule has 3 rings (SSSR count). The minimum atomic E-state index is -0.299. The summed E-state index contributed by atoms with van der Waals surface area (Å²) in [6.07, 6.45) is 1.18. The normalized spacial score (nSPS) is 18.1. The summed E-state index contributed by atoms with van der Waals surface area (Å²) in [5, 5.41) is 5.66. The second-order valence-corrected chi connectivity index (χ2v) is 6.34. The van der Waals surface area contributed by atoms with Gasteiger partial charge in [-0.2, -0.15) is 0 Å². The van der Waals surface area contributed by atoms with E-state index in [4.69, 9.17) is 4.74 Å². The van der Waals surface area contributed by atoms with Gasteiger partial charge in [0, 0.05) is 18.3 Å². The fourth-order valence-corrected chi connectivity index (χ4v) is 2.82. The molecule has 0 saturated heterocycles. The molecule has 0 aliphatic heterocycles. The van der Waals surface area contributed by atoms with Crippen LogP contribution in [0, 0.1) is 17.7 Å². The van der Waals surface area contributed by atoms with Crippen LogP contribution < -0.4 is 15.4 Å². The Balaban J connectivity index is 1.43. The lowest BCUT2D eigenvalue weighted by Gasteiger charge is -2.07. The molecule has 2 N–H and O–H groups in total. The van der Waals surface area contributed by atoms with Crippen molar-refractivity contribution in [2.45, 2.75) is 12.8 Å². The largest absolute Gasteiger partial charge is 0.497 e. The predicted octanol–water partition coefficient (Wildman–Crippen LogP) is 2.77. The van der Waals surface area contributed by atoms with E-state index < -0.39 is 0 Å². The fourth-order valence-electron chi connectivity index (χ4n) is 2.82. The lowest BCUT2D eigenvalue weighted by Crippen LogP contribution is -2.29. The van der Waals surface area contributed by atoms with E-state index in [0.29, 0.717) is 30.8 Å². The molecule has 1 fully saturated rings. The number of nitrogens with one attached hydrogen (secondary N) is 2. The topological polar surface area (TPSA) is 67.4 Å². The van der Waals surface area contributed by atoms with Crippen LogP contribution >= 0.6 is 0 Å². The van der Waals surface area contributed by atoms with Crippen molar-refractivity contribution >= 4 is 17.5 Å². The second-order valence-electron chi connectivity index (χ2n) is 6.34. The van der Waals surface area contributed by atoms with Gasteiger partial charge in [-0.3, -0.25) is 9.59 Å². The number of anilines is 1. The second kappa shape index (κ2) is 7.99. The van der Waals surface area contributed by atoms with Crippen LogP contribution in [0.5, 0.6) is 5.75 Å². The van der Waals surface area contributed by atoms with E-state index in [9.17, 15) is 14.0 Å². The molecule has 5 nitrogen and oxygen atoms in total. The Hall–Kier alpha value is -2.89. The van der Waals surface area contributed by atoms with Gasteiger partial charge in [-0.25, -0.2) is 4.39 Å². The third kappa shape index (κ3) is 4.59. The third-order valence-corrected chi connectivity index (χ3v) is 4.43. The van der Waals surface area contributed by atoms with Gasteiger partial charge in [0.05, 0.1) is 18.9 Å². The fraction of sp³-hybridized carbons (Fsp3) is 0.300. The van der Waals surface area contributed by atoms with Crippen molar-refractivity contribution in [2.24, 2.45) is 11.8 Å². The van der Waals surface area contributed by atoms with Crippen LogP contribution in [0.1, 0.15) is 12.0 Å². The highest BCUT2D eigenvalue weighted by atomic mass is 19.1. The molecule has 1 aliphatic rings. The molecule has 2 aromatic rings. The molecule has 1 saturated carbocycles. The summed E-state index contributed by atoms with van der Waals surface area (Å²) >= 11 is 0. The highest BCUT2D eigenvalue weighted by molar-refractivity contribution is 5.99. The summed E-state index contributed by atoms with van der Waals surface area (Å²) in [7, 11) is 1.56. The zero-order valence-corrected chi connectivity index (χ0v) is 14.5. The SMILES string of the molecule is COc1cccc(NC(=O)C2CC2C(=O)NCCc2ccc(F)cc2)c1. The van der Waals surface area contributed by atoms with Crippen LogP contribution in [0.3, 0.4) is 0 Å². The van der Waals surface area contributed by atoms with Gasteiger partial charge in [0.2, 0.25) is 11.8 Å². The maximum Gasteiger partial charge on any atom is 0.228 e. The molecule has 1 aliphatic carbocycles. The quantitative estimate of drug-likeness (QED) is 0.802. The molecule has 0 bridgehead atoms. The first-order chi connectivity index (χ1) is 12.6. The van der Waals surface area contributed by atoms with E-state index in [1.54, 1.807) is 43.5 Å². The molecule has 0 spiro atoms. The number of carbonyl (C=O) groups is 2. The van der Waals surface area contributed by atoms with E-state index >= 15 is 0 Å². The first kappa shape index (κ1) is 17.9. The standard InChI is InChI=1S/C20H21FN2O3/c1-26-16-4-2-3-15(11-16)23-20(25)18-12-17(18)19(24)22-10-9-13-5-7-14(21)8-6-13/h2-8,11,17-18H,9-10,12H2,1H3,(H,22,24)(H,23,25). The maximum atomic E-state index is 12.9. The van der Waals surface area contributed by atoms with E-state index in [-0.39, 0.29) is 29.5 Å².